The number of para-hydroxylation sites is 1. The van der Waals surface area contributed by atoms with E-state index in [-0.39, 0.29) is 23.8 Å². The number of benzene rings is 3. The highest BCUT2D eigenvalue weighted by Gasteiger charge is 2.13. The van der Waals surface area contributed by atoms with E-state index in [1.54, 1.807) is 42.5 Å². The molecule has 0 saturated heterocycles. The summed E-state index contributed by atoms with van der Waals surface area (Å²) in [6, 6.07) is 16.9. The van der Waals surface area contributed by atoms with E-state index >= 15 is 0 Å². The van der Waals surface area contributed by atoms with Gasteiger partial charge in [-0.05, 0) is 42.5 Å². The van der Waals surface area contributed by atoms with Crippen LogP contribution in [-0.2, 0) is 4.79 Å². The first kappa shape index (κ1) is 17.7. The fourth-order valence-electron chi connectivity index (χ4n) is 2.66. The van der Waals surface area contributed by atoms with Crippen LogP contribution >= 0.6 is 0 Å². The van der Waals surface area contributed by atoms with Crippen molar-refractivity contribution in [3.63, 3.8) is 0 Å². The van der Waals surface area contributed by atoms with Gasteiger partial charge in [0.2, 0.25) is 5.89 Å². The summed E-state index contributed by atoms with van der Waals surface area (Å²) in [6.45, 7) is -0.349. The molecule has 0 unspecified atom stereocenters. The maximum Gasteiger partial charge on any atom is 0.262 e. The largest absolute Gasteiger partial charge is 0.481 e. The van der Waals surface area contributed by atoms with Crippen LogP contribution in [-0.4, -0.2) is 17.5 Å². The minimum Gasteiger partial charge on any atom is -0.481 e. The van der Waals surface area contributed by atoms with Gasteiger partial charge < -0.3 is 14.5 Å². The third-order valence-corrected chi connectivity index (χ3v) is 3.97. The molecule has 0 aliphatic rings. The highest BCUT2D eigenvalue weighted by molar-refractivity contribution is 5.94. The molecule has 140 valence electrons. The molecule has 0 aliphatic heterocycles. The first-order chi connectivity index (χ1) is 13.6. The zero-order chi connectivity index (χ0) is 19.5. The number of carbonyl (C=O) groups excluding carboxylic acids is 1. The summed E-state index contributed by atoms with van der Waals surface area (Å²) in [5.41, 5.74) is 1.63. The number of nitrogens with zero attached hydrogens (tertiary/aromatic N) is 1. The van der Waals surface area contributed by atoms with Gasteiger partial charge in [-0.1, -0.05) is 24.3 Å². The number of ether oxygens (including phenoxy) is 1. The molecule has 1 N–H and O–H groups in total. The lowest BCUT2D eigenvalue weighted by Crippen LogP contribution is -2.20. The highest BCUT2D eigenvalue weighted by Crippen LogP contribution is 2.27. The summed E-state index contributed by atoms with van der Waals surface area (Å²) >= 11 is 0. The Bertz CT molecular complexity index is 1160. The maximum atomic E-state index is 13.9. The summed E-state index contributed by atoms with van der Waals surface area (Å²) in [6.07, 6.45) is 0. The van der Waals surface area contributed by atoms with E-state index in [9.17, 15) is 13.6 Å². The molecule has 28 heavy (non-hydrogen) atoms. The zero-order valence-corrected chi connectivity index (χ0v) is 14.5. The van der Waals surface area contributed by atoms with Crippen LogP contribution in [0.3, 0.4) is 0 Å². The van der Waals surface area contributed by atoms with Crippen LogP contribution in [0.4, 0.5) is 14.5 Å². The van der Waals surface area contributed by atoms with E-state index in [1.165, 1.54) is 24.3 Å². The van der Waals surface area contributed by atoms with E-state index in [1.807, 2.05) is 0 Å². The molecule has 4 rings (SSSR count). The Kier molecular flexibility index (Phi) is 4.72. The predicted molar refractivity (Wildman–Crippen MR) is 99.9 cm³/mol. The third-order valence-electron chi connectivity index (χ3n) is 3.97. The average Bonchev–Trinajstić information content (AvgIpc) is 3.11. The van der Waals surface area contributed by atoms with E-state index < -0.39 is 17.5 Å². The standard InChI is InChI=1S/C21H14F2N2O3/c22-15-6-2-1-5-14(15)21-25-17-11-13(9-10-19(17)28-21)24-20(26)12-27-18-8-4-3-7-16(18)23/h1-11H,12H2,(H,24,26). The van der Waals surface area contributed by atoms with Crippen molar-refractivity contribution in [2.24, 2.45) is 0 Å². The first-order valence-corrected chi connectivity index (χ1v) is 8.43. The molecule has 1 amide bonds. The van der Waals surface area contributed by atoms with Gasteiger partial charge in [-0.2, -0.15) is 0 Å². The van der Waals surface area contributed by atoms with Crippen molar-refractivity contribution in [2.75, 3.05) is 11.9 Å². The lowest BCUT2D eigenvalue weighted by molar-refractivity contribution is -0.118. The third kappa shape index (κ3) is 3.68. The number of anilines is 1. The van der Waals surface area contributed by atoms with Crippen molar-refractivity contribution in [2.45, 2.75) is 0 Å². The summed E-state index contributed by atoms with van der Waals surface area (Å²) in [7, 11) is 0. The number of nitrogens with one attached hydrogen (secondary N) is 1. The number of rotatable bonds is 5. The molecule has 0 saturated carbocycles. The molecule has 3 aromatic carbocycles. The summed E-state index contributed by atoms with van der Waals surface area (Å²) in [5, 5.41) is 2.64. The number of hydrogen-bond donors (Lipinski definition) is 1. The van der Waals surface area contributed by atoms with Gasteiger partial charge in [-0.25, -0.2) is 13.8 Å². The lowest BCUT2D eigenvalue weighted by Gasteiger charge is -2.08. The van der Waals surface area contributed by atoms with Gasteiger partial charge >= 0.3 is 0 Å². The molecule has 5 nitrogen and oxygen atoms in total. The van der Waals surface area contributed by atoms with E-state index in [4.69, 9.17) is 9.15 Å². The number of carbonyl (C=O) groups is 1. The number of fused-ring (bicyclic) bond motifs is 1. The summed E-state index contributed by atoms with van der Waals surface area (Å²) in [5.74, 6) is -1.29. The maximum absolute atomic E-state index is 13.9. The number of hydrogen-bond acceptors (Lipinski definition) is 4. The first-order valence-electron chi connectivity index (χ1n) is 8.43. The van der Waals surface area contributed by atoms with Crippen molar-refractivity contribution in [3.8, 4) is 17.2 Å². The second-order valence-corrected chi connectivity index (χ2v) is 5.95. The SMILES string of the molecule is O=C(COc1ccccc1F)Nc1ccc2oc(-c3ccccc3F)nc2c1. The molecule has 0 fully saturated rings. The second kappa shape index (κ2) is 7.48. The Morgan fingerprint density at radius 2 is 1.75 bits per heavy atom. The minimum absolute atomic E-state index is 0.000803. The molecule has 0 spiro atoms. The summed E-state index contributed by atoms with van der Waals surface area (Å²) in [4.78, 5) is 16.3. The molecular weight excluding hydrogens is 366 g/mol. The lowest BCUT2D eigenvalue weighted by atomic mass is 10.2. The normalized spacial score (nSPS) is 10.8. The molecule has 1 heterocycles. The number of oxazole rings is 1. The molecule has 0 atom stereocenters. The van der Waals surface area contributed by atoms with Gasteiger partial charge in [0.05, 0.1) is 5.56 Å². The molecule has 0 radical (unpaired) electrons. The topological polar surface area (TPSA) is 64.4 Å². The van der Waals surface area contributed by atoms with Gasteiger partial charge in [0, 0.05) is 5.69 Å². The highest BCUT2D eigenvalue weighted by atomic mass is 19.1. The number of aromatic nitrogens is 1. The van der Waals surface area contributed by atoms with Crippen LogP contribution in [0.15, 0.2) is 71.1 Å². The van der Waals surface area contributed by atoms with Crippen molar-refractivity contribution < 1.29 is 22.7 Å². The minimum atomic E-state index is -0.542. The van der Waals surface area contributed by atoms with E-state index in [0.29, 0.717) is 16.8 Å². The second-order valence-electron chi connectivity index (χ2n) is 5.95. The fraction of sp³-hybridized carbons (Fsp3) is 0.0476. The molecule has 7 heteroatoms. The van der Waals surface area contributed by atoms with Crippen LogP contribution in [0.2, 0.25) is 0 Å². The van der Waals surface area contributed by atoms with Gasteiger partial charge in [0.25, 0.3) is 5.91 Å². The fourth-order valence-corrected chi connectivity index (χ4v) is 2.66. The van der Waals surface area contributed by atoms with Crippen LogP contribution in [0, 0.1) is 11.6 Å². The monoisotopic (exact) mass is 380 g/mol. The molecule has 1 aromatic heterocycles. The van der Waals surface area contributed by atoms with Gasteiger partial charge in [0.15, 0.2) is 23.8 Å². The van der Waals surface area contributed by atoms with Crippen LogP contribution in [0.5, 0.6) is 5.75 Å². The Morgan fingerprint density at radius 1 is 1.00 bits per heavy atom. The molecule has 0 aliphatic carbocycles. The average molecular weight is 380 g/mol. The van der Waals surface area contributed by atoms with Crippen molar-refractivity contribution in [3.05, 3.63) is 78.4 Å². The van der Waals surface area contributed by atoms with Crippen molar-refractivity contribution in [1.82, 2.24) is 4.98 Å². The van der Waals surface area contributed by atoms with Gasteiger partial charge in [0.1, 0.15) is 11.3 Å². The zero-order valence-electron chi connectivity index (χ0n) is 14.5. The van der Waals surface area contributed by atoms with Crippen LogP contribution < -0.4 is 10.1 Å². The molecular formula is C21H14F2N2O3. The van der Waals surface area contributed by atoms with Crippen LogP contribution in [0.1, 0.15) is 0 Å². The summed E-state index contributed by atoms with van der Waals surface area (Å²) < 4.78 is 38.2. The number of halogens is 2. The van der Waals surface area contributed by atoms with Crippen LogP contribution in [0.25, 0.3) is 22.6 Å². The number of amides is 1. The molecule has 4 aromatic rings. The Morgan fingerprint density at radius 3 is 2.54 bits per heavy atom. The quantitative estimate of drug-likeness (QED) is 0.541. The van der Waals surface area contributed by atoms with Gasteiger partial charge in [-0.3, -0.25) is 4.79 Å². The smallest absolute Gasteiger partial charge is 0.262 e. The van der Waals surface area contributed by atoms with Crippen molar-refractivity contribution in [1.29, 1.82) is 0 Å². The molecule has 0 bridgehead atoms. The van der Waals surface area contributed by atoms with E-state index in [0.717, 1.165) is 0 Å². The Hall–Kier alpha value is -3.74. The predicted octanol–water partition coefficient (Wildman–Crippen LogP) is 4.79. The van der Waals surface area contributed by atoms with Gasteiger partial charge in [-0.15, -0.1) is 0 Å². The van der Waals surface area contributed by atoms with Crippen molar-refractivity contribution >= 4 is 22.7 Å². The van der Waals surface area contributed by atoms with E-state index in [2.05, 4.69) is 10.3 Å². The Labute approximate surface area is 158 Å². The Balaban J connectivity index is 1.48.